The second-order valence-electron chi connectivity index (χ2n) is 5.85. The Bertz CT molecular complexity index is 202. The third-order valence-corrected chi connectivity index (χ3v) is 4.71. The predicted molar refractivity (Wildman–Crippen MR) is 57.5 cm³/mol. The van der Waals surface area contributed by atoms with Crippen molar-refractivity contribution in [1.82, 2.24) is 0 Å². The molecular weight excluding hydrogens is 156 g/mol. The zero-order valence-electron chi connectivity index (χ0n) is 9.38. The van der Waals surface area contributed by atoms with Crippen LogP contribution < -0.4 is 0 Å². The average Bonchev–Trinajstić information content (AvgIpc) is 2.25. The summed E-state index contributed by atoms with van der Waals surface area (Å²) in [5.74, 6) is 3.52. The first-order valence-electron chi connectivity index (χ1n) is 5.70. The summed E-state index contributed by atoms with van der Waals surface area (Å²) in [6.45, 7) is 9.75. The zero-order chi connectivity index (χ0) is 9.64. The van der Waals surface area contributed by atoms with Crippen molar-refractivity contribution in [2.45, 2.75) is 40.5 Å². The van der Waals surface area contributed by atoms with Gasteiger partial charge in [0.1, 0.15) is 0 Å². The van der Waals surface area contributed by atoms with E-state index in [1.807, 2.05) is 0 Å². The minimum Gasteiger partial charge on any atom is -0.0846 e. The summed E-state index contributed by atoms with van der Waals surface area (Å²) < 4.78 is 0. The van der Waals surface area contributed by atoms with E-state index in [0.29, 0.717) is 5.41 Å². The van der Waals surface area contributed by atoms with Gasteiger partial charge < -0.3 is 0 Å². The first-order chi connectivity index (χ1) is 6.01. The minimum absolute atomic E-state index is 0.541. The van der Waals surface area contributed by atoms with E-state index in [1.54, 1.807) is 0 Å². The summed E-state index contributed by atoms with van der Waals surface area (Å²) in [6, 6.07) is 0. The number of allylic oxidation sites excluding steroid dienone is 2. The predicted octanol–water partition coefficient (Wildman–Crippen LogP) is 3.88. The van der Waals surface area contributed by atoms with E-state index in [-0.39, 0.29) is 0 Å². The lowest BCUT2D eigenvalue weighted by Gasteiger charge is -2.31. The van der Waals surface area contributed by atoms with Crippen molar-refractivity contribution in [3.05, 3.63) is 12.2 Å². The van der Waals surface area contributed by atoms with Gasteiger partial charge in [0, 0.05) is 0 Å². The molecule has 74 valence electrons. The van der Waals surface area contributed by atoms with Crippen molar-refractivity contribution in [2.24, 2.45) is 29.1 Å². The van der Waals surface area contributed by atoms with Crippen LogP contribution >= 0.6 is 0 Å². The molecule has 0 heterocycles. The lowest BCUT2D eigenvalue weighted by atomic mass is 9.73. The first kappa shape index (κ1) is 9.30. The molecule has 0 aromatic carbocycles. The number of fused-ring (bicyclic) bond motifs is 2. The van der Waals surface area contributed by atoms with E-state index in [1.165, 1.54) is 12.8 Å². The lowest BCUT2D eigenvalue weighted by Crippen LogP contribution is -2.24. The van der Waals surface area contributed by atoms with Crippen LogP contribution in [0, 0.1) is 29.1 Å². The Hall–Kier alpha value is -0.260. The molecule has 2 bridgehead atoms. The van der Waals surface area contributed by atoms with Crippen LogP contribution in [0.3, 0.4) is 0 Å². The molecule has 0 radical (unpaired) electrons. The number of hydrogen-bond donors (Lipinski definition) is 0. The van der Waals surface area contributed by atoms with E-state index < -0.39 is 0 Å². The Balaban J connectivity index is 2.26. The normalized spacial score (nSPS) is 47.7. The highest BCUT2D eigenvalue weighted by molar-refractivity contribution is 5.13. The molecule has 0 aromatic rings. The van der Waals surface area contributed by atoms with Gasteiger partial charge in [0.05, 0.1) is 0 Å². The molecule has 1 saturated carbocycles. The highest BCUT2D eigenvalue weighted by atomic mass is 14.5. The second-order valence-corrected chi connectivity index (χ2v) is 5.85. The topological polar surface area (TPSA) is 0 Å². The highest BCUT2D eigenvalue weighted by Gasteiger charge is 2.43. The molecule has 4 unspecified atom stereocenters. The Morgan fingerprint density at radius 2 is 1.31 bits per heavy atom. The Morgan fingerprint density at radius 3 is 1.69 bits per heavy atom. The maximum atomic E-state index is 2.48. The molecular formula is C13H22. The molecule has 0 amide bonds. The minimum atomic E-state index is 0.541. The van der Waals surface area contributed by atoms with Crippen molar-refractivity contribution >= 4 is 0 Å². The van der Waals surface area contributed by atoms with Crippen molar-refractivity contribution in [3.63, 3.8) is 0 Å². The van der Waals surface area contributed by atoms with Gasteiger partial charge in [-0.05, 0) is 41.9 Å². The summed E-state index contributed by atoms with van der Waals surface area (Å²) in [5, 5.41) is 0. The van der Waals surface area contributed by atoms with Crippen LogP contribution in [0.15, 0.2) is 12.2 Å². The lowest BCUT2D eigenvalue weighted by molar-refractivity contribution is 0.203. The molecule has 2 aliphatic rings. The Labute approximate surface area is 82.4 Å². The van der Waals surface area contributed by atoms with Crippen LogP contribution in [-0.2, 0) is 0 Å². The van der Waals surface area contributed by atoms with Gasteiger partial charge in [-0.1, -0.05) is 39.8 Å². The van der Waals surface area contributed by atoms with Crippen LogP contribution in [0.25, 0.3) is 0 Å². The van der Waals surface area contributed by atoms with Gasteiger partial charge in [-0.3, -0.25) is 0 Å². The summed E-state index contributed by atoms with van der Waals surface area (Å²) in [4.78, 5) is 0. The molecule has 0 nitrogen and oxygen atoms in total. The van der Waals surface area contributed by atoms with Crippen LogP contribution in [-0.4, -0.2) is 0 Å². The molecule has 0 heteroatoms. The fourth-order valence-electron chi connectivity index (χ4n) is 3.07. The molecule has 0 saturated heterocycles. The Morgan fingerprint density at radius 1 is 0.923 bits per heavy atom. The largest absolute Gasteiger partial charge is 0.0846 e. The Kier molecular flexibility index (Phi) is 2.05. The molecule has 0 spiro atoms. The van der Waals surface area contributed by atoms with Crippen LogP contribution in [0.1, 0.15) is 40.5 Å². The van der Waals surface area contributed by atoms with Crippen molar-refractivity contribution in [3.8, 4) is 0 Å². The van der Waals surface area contributed by atoms with Gasteiger partial charge in [0.2, 0.25) is 0 Å². The molecule has 13 heavy (non-hydrogen) atoms. The van der Waals surface area contributed by atoms with Gasteiger partial charge >= 0.3 is 0 Å². The first-order valence-corrected chi connectivity index (χ1v) is 5.70. The molecule has 0 N–H and O–H groups in total. The molecule has 2 rings (SSSR count). The maximum Gasteiger partial charge on any atom is -0.0174 e. The smallest absolute Gasteiger partial charge is 0.0174 e. The van der Waals surface area contributed by atoms with Crippen LogP contribution in [0.4, 0.5) is 0 Å². The van der Waals surface area contributed by atoms with E-state index >= 15 is 0 Å². The van der Waals surface area contributed by atoms with E-state index in [0.717, 1.165) is 23.7 Å². The SMILES string of the molecule is CC1CC2C=CC(CC1C)C2(C)C. The summed E-state index contributed by atoms with van der Waals surface area (Å²) in [6.07, 6.45) is 7.77. The molecule has 0 aromatic heterocycles. The summed E-state index contributed by atoms with van der Waals surface area (Å²) in [5.41, 5.74) is 0.541. The summed E-state index contributed by atoms with van der Waals surface area (Å²) in [7, 11) is 0. The van der Waals surface area contributed by atoms with Gasteiger partial charge in [-0.2, -0.15) is 0 Å². The standard InChI is InChI=1S/C13H22/c1-9-7-11-5-6-12(8-10(9)2)13(11,3)4/h5-6,9-12H,7-8H2,1-4H3. The van der Waals surface area contributed by atoms with Gasteiger partial charge in [-0.15, -0.1) is 0 Å². The number of hydrogen-bond acceptors (Lipinski definition) is 0. The van der Waals surface area contributed by atoms with E-state index in [2.05, 4.69) is 39.8 Å². The molecule has 1 fully saturated rings. The van der Waals surface area contributed by atoms with E-state index in [9.17, 15) is 0 Å². The van der Waals surface area contributed by atoms with Crippen LogP contribution in [0.5, 0.6) is 0 Å². The van der Waals surface area contributed by atoms with Crippen molar-refractivity contribution in [1.29, 1.82) is 0 Å². The molecule has 0 aliphatic heterocycles. The highest BCUT2D eigenvalue weighted by Crippen LogP contribution is 2.51. The number of rotatable bonds is 0. The van der Waals surface area contributed by atoms with Gasteiger partial charge in [0.15, 0.2) is 0 Å². The van der Waals surface area contributed by atoms with Crippen molar-refractivity contribution < 1.29 is 0 Å². The zero-order valence-corrected chi connectivity index (χ0v) is 9.38. The second kappa shape index (κ2) is 2.87. The van der Waals surface area contributed by atoms with Gasteiger partial charge in [-0.25, -0.2) is 0 Å². The van der Waals surface area contributed by atoms with Crippen LogP contribution in [0.2, 0.25) is 0 Å². The average molecular weight is 178 g/mol. The fraction of sp³-hybridized carbons (Fsp3) is 0.846. The quantitative estimate of drug-likeness (QED) is 0.494. The monoisotopic (exact) mass is 178 g/mol. The maximum absolute atomic E-state index is 2.48. The molecule has 4 atom stereocenters. The van der Waals surface area contributed by atoms with Crippen molar-refractivity contribution in [2.75, 3.05) is 0 Å². The fourth-order valence-corrected chi connectivity index (χ4v) is 3.07. The third kappa shape index (κ3) is 1.35. The van der Waals surface area contributed by atoms with Gasteiger partial charge in [0.25, 0.3) is 0 Å². The van der Waals surface area contributed by atoms with E-state index in [4.69, 9.17) is 0 Å². The summed E-state index contributed by atoms with van der Waals surface area (Å²) >= 11 is 0. The molecule has 2 aliphatic carbocycles. The third-order valence-electron chi connectivity index (χ3n) is 4.71.